The van der Waals surface area contributed by atoms with Gasteiger partial charge < -0.3 is 9.84 Å². The van der Waals surface area contributed by atoms with Gasteiger partial charge in [0.05, 0.1) is 12.3 Å². The van der Waals surface area contributed by atoms with Gasteiger partial charge >= 0.3 is 0 Å². The van der Waals surface area contributed by atoms with Crippen molar-refractivity contribution in [1.29, 1.82) is 0 Å². The van der Waals surface area contributed by atoms with E-state index in [2.05, 4.69) is 64.0 Å². The van der Waals surface area contributed by atoms with Crippen LogP contribution in [0.5, 0.6) is 5.75 Å². The first-order chi connectivity index (χ1) is 10.5. The number of hydrogen-bond donors (Lipinski definition) is 1. The zero-order valence-corrected chi connectivity index (χ0v) is 16.0. The van der Waals surface area contributed by atoms with Crippen LogP contribution in [-0.2, 0) is 22.2 Å². The van der Waals surface area contributed by atoms with Crippen molar-refractivity contribution in [3.05, 3.63) is 33.6 Å². The first kappa shape index (κ1) is 18.0. The third kappa shape index (κ3) is 3.93. The molecule has 0 aliphatic heterocycles. The van der Waals surface area contributed by atoms with Crippen LogP contribution in [0, 0.1) is 0 Å². The zero-order valence-electron chi connectivity index (χ0n) is 15.2. The maximum Gasteiger partial charge on any atom is 0.123 e. The van der Waals surface area contributed by atoms with Gasteiger partial charge in [0.25, 0.3) is 0 Å². The molecular weight excluding hydrogens is 306 g/mol. The molecule has 126 valence electrons. The maximum absolute atomic E-state index is 10.8. The summed E-state index contributed by atoms with van der Waals surface area (Å²) in [7, 11) is 1.68. The topological polar surface area (TPSA) is 42.4 Å². The first-order valence-corrected chi connectivity index (χ1v) is 8.73. The Morgan fingerprint density at radius 1 is 1.04 bits per heavy atom. The number of rotatable bonds is 3. The van der Waals surface area contributed by atoms with Gasteiger partial charge in [-0.2, -0.15) is 0 Å². The van der Waals surface area contributed by atoms with Crippen LogP contribution in [0.15, 0.2) is 17.5 Å². The van der Waals surface area contributed by atoms with Crippen LogP contribution in [0.1, 0.15) is 57.7 Å². The second-order valence-electron chi connectivity index (χ2n) is 7.98. The van der Waals surface area contributed by atoms with Gasteiger partial charge in [-0.15, -0.1) is 11.3 Å². The summed E-state index contributed by atoms with van der Waals surface area (Å²) < 4.78 is 5.16. The Bertz CT molecular complexity index is 655. The number of hydrogen-bond acceptors (Lipinski definition) is 4. The molecule has 0 radical (unpaired) electrons. The number of aromatic nitrogens is 1. The van der Waals surface area contributed by atoms with Gasteiger partial charge in [-0.05, 0) is 23.0 Å². The molecule has 0 spiro atoms. The molecular formula is C19H27NO2S. The average Bonchev–Trinajstić information content (AvgIpc) is 2.85. The number of thiazole rings is 1. The molecule has 2 rings (SSSR count). The van der Waals surface area contributed by atoms with Crippen molar-refractivity contribution in [2.24, 2.45) is 0 Å². The van der Waals surface area contributed by atoms with E-state index in [1.807, 2.05) is 0 Å². The normalized spacial score (nSPS) is 12.7. The summed E-state index contributed by atoms with van der Waals surface area (Å²) >= 11 is 1.60. The highest BCUT2D eigenvalue weighted by atomic mass is 32.1. The molecule has 0 unspecified atom stereocenters. The minimum Gasteiger partial charge on any atom is -0.507 e. The van der Waals surface area contributed by atoms with Crippen LogP contribution in [0.3, 0.4) is 0 Å². The van der Waals surface area contributed by atoms with E-state index in [1.54, 1.807) is 18.4 Å². The molecule has 0 aliphatic carbocycles. The van der Waals surface area contributed by atoms with Crippen LogP contribution >= 0.6 is 11.3 Å². The summed E-state index contributed by atoms with van der Waals surface area (Å²) in [5.41, 5.74) is 3.65. The van der Waals surface area contributed by atoms with Gasteiger partial charge in [0, 0.05) is 29.2 Å². The Hall–Kier alpha value is -1.39. The number of nitrogens with zero attached hydrogens (tertiary/aromatic N) is 1. The fraction of sp³-hybridized carbons (Fsp3) is 0.526. The van der Waals surface area contributed by atoms with E-state index in [9.17, 15) is 5.11 Å². The predicted molar refractivity (Wildman–Crippen MR) is 97.3 cm³/mol. The summed E-state index contributed by atoms with van der Waals surface area (Å²) in [6.07, 6.45) is 0. The lowest BCUT2D eigenvalue weighted by Gasteiger charge is -2.28. The summed E-state index contributed by atoms with van der Waals surface area (Å²) in [4.78, 5) is 4.66. The van der Waals surface area contributed by atoms with Crippen molar-refractivity contribution in [2.45, 2.75) is 59.0 Å². The number of ether oxygens (including phenoxy) is 1. The van der Waals surface area contributed by atoms with Crippen LogP contribution in [0.25, 0.3) is 11.3 Å². The molecule has 0 bridgehead atoms. The molecule has 1 aromatic heterocycles. The van der Waals surface area contributed by atoms with Gasteiger partial charge in [0.15, 0.2) is 0 Å². The molecule has 0 atom stereocenters. The van der Waals surface area contributed by atoms with Gasteiger partial charge in [-0.1, -0.05) is 41.5 Å². The van der Waals surface area contributed by atoms with E-state index in [0.29, 0.717) is 12.4 Å². The molecule has 1 aromatic carbocycles. The van der Waals surface area contributed by atoms with Gasteiger partial charge in [-0.25, -0.2) is 4.98 Å². The quantitative estimate of drug-likeness (QED) is 0.833. The summed E-state index contributed by atoms with van der Waals surface area (Å²) in [5, 5.41) is 13.8. The Morgan fingerprint density at radius 2 is 1.57 bits per heavy atom. The Labute approximate surface area is 143 Å². The number of phenols is 1. The van der Waals surface area contributed by atoms with Crippen molar-refractivity contribution < 1.29 is 9.84 Å². The molecule has 0 saturated carbocycles. The molecule has 4 heteroatoms. The van der Waals surface area contributed by atoms with Crippen molar-refractivity contribution in [2.75, 3.05) is 7.11 Å². The molecule has 23 heavy (non-hydrogen) atoms. The van der Waals surface area contributed by atoms with Gasteiger partial charge in [0.2, 0.25) is 0 Å². The average molecular weight is 333 g/mol. The van der Waals surface area contributed by atoms with E-state index in [-0.39, 0.29) is 10.8 Å². The lowest BCUT2D eigenvalue weighted by Crippen LogP contribution is -2.17. The highest BCUT2D eigenvalue weighted by Gasteiger charge is 2.27. The van der Waals surface area contributed by atoms with E-state index in [1.165, 1.54) is 0 Å². The third-order valence-corrected chi connectivity index (χ3v) is 4.66. The molecule has 1 N–H and O–H groups in total. The minimum absolute atomic E-state index is 0.133. The van der Waals surface area contributed by atoms with Crippen LogP contribution in [0.2, 0.25) is 0 Å². The number of aromatic hydroxyl groups is 1. The highest BCUT2D eigenvalue weighted by Crippen LogP contribution is 2.42. The van der Waals surface area contributed by atoms with Crippen molar-refractivity contribution in [1.82, 2.24) is 4.98 Å². The van der Waals surface area contributed by atoms with Gasteiger partial charge in [0.1, 0.15) is 10.8 Å². The fourth-order valence-corrected chi connectivity index (χ4v) is 3.33. The van der Waals surface area contributed by atoms with Crippen LogP contribution < -0.4 is 0 Å². The second kappa shape index (κ2) is 6.25. The fourth-order valence-electron chi connectivity index (χ4n) is 2.56. The van der Waals surface area contributed by atoms with E-state index < -0.39 is 0 Å². The van der Waals surface area contributed by atoms with Crippen molar-refractivity contribution in [3.63, 3.8) is 0 Å². The lowest BCUT2D eigenvalue weighted by molar-refractivity contribution is 0.184. The smallest absolute Gasteiger partial charge is 0.123 e. The first-order valence-electron chi connectivity index (χ1n) is 7.85. The molecule has 0 saturated heterocycles. The molecule has 3 nitrogen and oxygen atoms in total. The monoisotopic (exact) mass is 333 g/mol. The summed E-state index contributed by atoms with van der Waals surface area (Å²) in [6.45, 7) is 13.3. The van der Waals surface area contributed by atoms with E-state index in [4.69, 9.17) is 4.74 Å². The number of benzene rings is 1. The van der Waals surface area contributed by atoms with Gasteiger partial charge in [-0.3, -0.25) is 0 Å². The number of phenolic OH excluding ortho intramolecular Hbond substituents is 1. The van der Waals surface area contributed by atoms with Crippen molar-refractivity contribution >= 4 is 11.3 Å². The Balaban J connectivity index is 2.64. The molecule has 0 amide bonds. The van der Waals surface area contributed by atoms with Crippen LogP contribution in [0.4, 0.5) is 0 Å². The minimum atomic E-state index is -0.133. The molecule has 0 fully saturated rings. The Morgan fingerprint density at radius 3 is 2.00 bits per heavy atom. The highest BCUT2D eigenvalue weighted by molar-refractivity contribution is 7.09. The molecule has 2 aromatic rings. The van der Waals surface area contributed by atoms with Crippen LogP contribution in [-0.4, -0.2) is 17.2 Å². The Kier molecular flexibility index (Phi) is 4.88. The van der Waals surface area contributed by atoms with Crippen molar-refractivity contribution in [3.8, 4) is 17.0 Å². The number of methoxy groups -OCH3 is 1. The third-order valence-electron chi connectivity index (χ3n) is 3.84. The van der Waals surface area contributed by atoms with E-state index in [0.717, 1.165) is 27.4 Å². The second-order valence-corrected chi connectivity index (χ2v) is 8.92. The summed E-state index contributed by atoms with van der Waals surface area (Å²) in [6, 6.07) is 4.13. The molecule has 0 aliphatic rings. The lowest BCUT2D eigenvalue weighted by atomic mass is 9.78. The zero-order chi connectivity index (χ0) is 17.4. The predicted octanol–water partition coefficient (Wildman–Crippen LogP) is 5.26. The summed E-state index contributed by atoms with van der Waals surface area (Å²) in [5.74, 6) is 0.404. The molecule has 1 heterocycles. The SMILES string of the molecule is COCc1nc(-c2cc(C(C)(C)C)c(O)c(C(C)(C)C)c2)cs1. The van der Waals surface area contributed by atoms with E-state index >= 15 is 0 Å². The standard InChI is InChI=1S/C19H27NO2S/c1-18(2,3)13-8-12(9-14(17(13)21)19(4,5)6)15-11-23-16(20-15)10-22-7/h8-9,11,21H,10H2,1-7H3. The maximum atomic E-state index is 10.8. The largest absolute Gasteiger partial charge is 0.507 e.